The quantitative estimate of drug-likeness (QED) is 0.475. The van der Waals surface area contributed by atoms with Gasteiger partial charge >= 0.3 is 5.97 Å². The number of carbonyl (C=O) groups is 1. The highest BCUT2D eigenvalue weighted by Crippen LogP contribution is 2.25. The van der Waals surface area contributed by atoms with Crippen LogP contribution in [0.25, 0.3) is 0 Å². The van der Waals surface area contributed by atoms with Crippen LogP contribution in [0.15, 0.2) is 5.16 Å². The van der Waals surface area contributed by atoms with Crippen molar-refractivity contribution in [2.24, 2.45) is 0 Å². The first-order chi connectivity index (χ1) is 8.63. The van der Waals surface area contributed by atoms with Crippen LogP contribution in [0.3, 0.4) is 0 Å². The van der Waals surface area contributed by atoms with Crippen molar-refractivity contribution in [1.82, 2.24) is 9.97 Å². The number of nitrogens with two attached hydrogens (primary N) is 1. The Hall–Kier alpha value is -1.57. The largest absolute Gasteiger partial charge is 0.474 e. The molecule has 100 valence electrons. The van der Waals surface area contributed by atoms with Crippen LogP contribution >= 0.6 is 11.8 Å². The summed E-state index contributed by atoms with van der Waals surface area (Å²) in [7, 11) is 0. The molecule has 8 heteroatoms. The molecule has 1 aromatic rings. The Labute approximate surface area is 108 Å². The molecule has 0 atom stereocenters. The average Bonchev–Trinajstić information content (AvgIpc) is 2.35. The first kappa shape index (κ1) is 14.5. The van der Waals surface area contributed by atoms with Crippen LogP contribution in [-0.4, -0.2) is 42.1 Å². The molecule has 1 rings (SSSR count). The molecule has 18 heavy (non-hydrogen) atoms. The number of aromatic nitrogens is 2. The summed E-state index contributed by atoms with van der Waals surface area (Å²) in [5.74, 6) is -0.777. The Morgan fingerprint density at radius 3 is 2.78 bits per heavy atom. The van der Waals surface area contributed by atoms with Gasteiger partial charge in [-0.25, -0.2) is 14.2 Å². The van der Waals surface area contributed by atoms with Crippen molar-refractivity contribution in [3.05, 3.63) is 5.56 Å². The molecule has 0 saturated carbocycles. The van der Waals surface area contributed by atoms with E-state index in [4.69, 9.17) is 15.2 Å². The molecule has 0 aliphatic heterocycles. The molecule has 0 unspecified atom stereocenters. The highest BCUT2D eigenvalue weighted by molar-refractivity contribution is 7.98. The maximum atomic E-state index is 12.1. The normalized spacial score (nSPS) is 10.2. The molecule has 0 aliphatic carbocycles. The maximum absolute atomic E-state index is 12.1. The molecule has 0 aliphatic rings. The zero-order valence-electron chi connectivity index (χ0n) is 10.1. The summed E-state index contributed by atoms with van der Waals surface area (Å²) in [6, 6.07) is 0. The molecular weight excluding hydrogens is 261 g/mol. The van der Waals surface area contributed by atoms with Crippen molar-refractivity contribution < 1.29 is 18.7 Å². The van der Waals surface area contributed by atoms with E-state index in [0.717, 1.165) is 0 Å². The Morgan fingerprint density at radius 2 is 2.22 bits per heavy atom. The van der Waals surface area contributed by atoms with E-state index in [-0.39, 0.29) is 30.5 Å². The molecule has 1 heterocycles. The lowest BCUT2D eigenvalue weighted by Crippen LogP contribution is -2.15. The smallest absolute Gasteiger partial charge is 0.347 e. The first-order valence-electron chi connectivity index (χ1n) is 5.21. The lowest BCUT2D eigenvalue weighted by molar-refractivity contribution is 0.0520. The standard InChI is InChI=1S/C10H14FN3O3S/c1-3-16-9(15)6-7(12)13-10(18-2)14-8(6)17-5-4-11/h3-5H2,1-2H3,(H2,12,13,14). The zero-order chi connectivity index (χ0) is 13.5. The molecule has 0 radical (unpaired) electrons. The minimum absolute atomic E-state index is 0.0401. The summed E-state index contributed by atoms with van der Waals surface area (Å²) in [6.07, 6.45) is 1.75. The van der Waals surface area contributed by atoms with Crippen molar-refractivity contribution in [3.63, 3.8) is 0 Å². The van der Waals surface area contributed by atoms with E-state index in [1.807, 2.05) is 0 Å². The van der Waals surface area contributed by atoms with Gasteiger partial charge < -0.3 is 15.2 Å². The highest BCUT2D eigenvalue weighted by atomic mass is 32.2. The van der Waals surface area contributed by atoms with E-state index in [9.17, 15) is 9.18 Å². The van der Waals surface area contributed by atoms with Crippen molar-refractivity contribution in [2.45, 2.75) is 12.1 Å². The molecule has 0 amide bonds. The third-order valence-electron chi connectivity index (χ3n) is 1.86. The van der Waals surface area contributed by atoms with Crippen molar-refractivity contribution in [3.8, 4) is 5.88 Å². The van der Waals surface area contributed by atoms with Crippen LogP contribution < -0.4 is 10.5 Å². The van der Waals surface area contributed by atoms with Crippen molar-refractivity contribution in [1.29, 1.82) is 0 Å². The van der Waals surface area contributed by atoms with Crippen LogP contribution in [0.2, 0.25) is 0 Å². The van der Waals surface area contributed by atoms with E-state index in [0.29, 0.717) is 5.16 Å². The number of halogens is 1. The number of thioether (sulfide) groups is 1. The minimum atomic E-state index is -0.694. The van der Waals surface area contributed by atoms with E-state index in [1.54, 1.807) is 13.2 Å². The second-order valence-corrected chi connectivity index (χ2v) is 3.81. The summed E-state index contributed by atoms with van der Waals surface area (Å²) >= 11 is 1.24. The number of nitrogens with zero attached hydrogens (tertiary/aromatic N) is 2. The number of ether oxygens (including phenoxy) is 2. The minimum Gasteiger partial charge on any atom is -0.474 e. The predicted molar refractivity (Wildman–Crippen MR) is 65.7 cm³/mol. The van der Waals surface area contributed by atoms with Gasteiger partial charge in [-0.15, -0.1) is 0 Å². The molecule has 0 fully saturated rings. The number of hydrogen-bond donors (Lipinski definition) is 1. The van der Waals surface area contributed by atoms with E-state index >= 15 is 0 Å². The van der Waals surface area contributed by atoms with Gasteiger partial charge in [-0.2, -0.15) is 4.98 Å². The number of carbonyl (C=O) groups excluding carboxylic acids is 1. The van der Waals surface area contributed by atoms with Crippen molar-refractivity contribution in [2.75, 3.05) is 31.9 Å². The van der Waals surface area contributed by atoms with Gasteiger partial charge in [0.05, 0.1) is 6.61 Å². The number of esters is 1. The van der Waals surface area contributed by atoms with Gasteiger partial charge in [0, 0.05) is 0 Å². The lowest BCUT2D eigenvalue weighted by Gasteiger charge is -2.11. The fourth-order valence-corrected chi connectivity index (χ4v) is 1.53. The number of nitrogen functional groups attached to an aromatic ring is 1. The molecule has 0 spiro atoms. The van der Waals surface area contributed by atoms with Gasteiger partial charge in [0.1, 0.15) is 19.1 Å². The van der Waals surface area contributed by atoms with E-state index in [1.165, 1.54) is 11.8 Å². The van der Waals surface area contributed by atoms with E-state index < -0.39 is 12.6 Å². The topological polar surface area (TPSA) is 87.3 Å². The number of anilines is 1. The Kier molecular flexibility index (Phi) is 5.63. The Balaban J connectivity index is 3.15. The second-order valence-electron chi connectivity index (χ2n) is 3.03. The van der Waals surface area contributed by atoms with Crippen LogP contribution in [0.1, 0.15) is 17.3 Å². The molecule has 1 aromatic heterocycles. The number of hydrogen-bond acceptors (Lipinski definition) is 7. The van der Waals surface area contributed by atoms with Gasteiger partial charge in [-0.1, -0.05) is 11.8 Å². The Morgan fingerprint density at radius 1 is 1.50 bits per heavy atom. The fraction of sp³-hybridized carbons (Fsp3) is 0.500. The number of alkyl halides is 1. The lowest BCUT2D eigenvalue weighted by atomic mass is 10.3. The molecule has 0 aromatic carbocycles. The summed E-state index contributed by atoms with van der Waals surface area (Å²) in [4.78, 5) is 19.6. The monoisotopic (exact) mass is 275 g/mol. The van der Waals surface area contributed by atoms with E-state index in [2.05, 4.69) is 9.97 Å². The van der Waals surface area contributed by atoms with Gasteiger partial charge in [0.2, 0.25) is 5.88 Å². The second kappa shape index (κ2) is 7.00. The maximum Gasteiger partial charge on any atom is 0.347 e. The summed E-state index contributed by atoms with van der Waals surface area (Å²) < 4.78 is 22.0. The third-order valence-corrected chi connectivity index (χ3v) is 2.41. The van der Waals surface area contributed by atoms with Gasteiger partial charge in [-0.3, -0.25) is 0 Å². The van der Waals surface area contributed by atoms with Gasteiger partial charge in [0.15, 0.2) is 10.7 Å². The van der Waals surface area contributed by atoms with Crippen LogP contribution in [-0.2, 0) is 4.74 Å². The fourth-order valence-electron chi connectivity index (χ4n) is 1.16. The van der Waals surface area contributed by atoms with Gasteiger partial charge in [0.25, 0.3) is 0 Å². The summed E-state index contributed by atoms with van der Waals surface area (Å²) in [6.45, 7) is 0.940. The summed E-state index contributed by atoms with van der Waals surface area (Å²) in [5.41, 5.74) is 5.60. The molecule has 0 bridgehead atoms. The molecule has 2 N–H and O–H groups in total. The Bertz CT molecular complexity index is 431. The van der Waals surface area contributed by atoms with Gasteiger partial charge in [-0.05, 0) is 13.2 Å². The molecular formula is C10H14FN3O3S. The zero-order valence-corrected chi connectivity index (χ0v) is 10.9. The molecule has 6 nitrogen and oxygen atoms in total. The SMILES string of the molecule is CCOC(=O)c1c(N)nc(SC)nc1OCCF. The summed E-state index contributed by atoms with van der Waals surface area (Å²) in [5, 5.41) is 0.342. The van der Waals surface area contributed by atoms with Crippen LogP contribution in [0, 0.1) is 0 Å². The highest BCUT2D eigenvalue weighted by Gasteiger charge is 2.22. The molecule has 0 saturated heterocycles. The van der Waals surface area contributed by atoms with Crippen molar-refractivity contribution >= 4 is 23.5 Å². The first-order valence-corrected chi connectivity index (χ1v) is 6.43. The predicted octanol–water partition coefficient (Wildman–Crippen LogP) is 1.31. The average molecular weight is 275 g/mol. The number of rotatable bonds is 6. The van der Waals surface area contributed by atoms with Crippen LogP contribution in [0.4, 0.5) is 10.2 Å². The third kappa shape index (κ3) is 3.46. The van der Waals surface area contributed by atoms with Crippen LogP contribution in [0.5, 0.6) is 5.88 Å².